The largest absolute Gasteiger partial charge is 0.393 e. The maximum atomic E-state index is 14.2. The molecule has 2 aromatic rings. The fraction of sp³-hybridized carbons (Fsp3) is 0.545. The molecule has 0 amide bonds. The minimum Gasteiger partial charge on any atom is -0.393 e. The van der Waals surface area contributed by atoms with Gasteiger partial charge in [-0.05, 0) is 0 Å². The summed E-state index contributed by atoms with van der Waals surface area (Å²) in [5.41, 5.74) is 5.37. The Hall–Kier alpha value is -1.51. The molecule has 0 unspecified atom stereocenters. The van der Waals surface area contributed by atoms with Crippen LogP contribution < -0.4 is 5.73 Å². The van der Waals surface area contributed by atoms with E-state index in [-0.39, 0.29) is 24.7 Å². The summed E-state index contributed by atoms with van der Waals surface area (Å²) in [5.74, 6) is 0.220. The van der Waals surface area contributed by atoms with E-state index in [4.69, 9.17) is 22.1 Å². The van der Waals surface area contributed by atoms with Crippen LogP contribution in [0.5, 0.6) is 0 Å². The maximum absolute atomic E-state index is 14.2. The van der Waals surface area contributed by atoms with Gasteiger partial charge in [-0.1, -0.05) is 0 Å². The van der Waals surface area contributed by atoms with E-state index >= 15 is 0 Å². The summed E-state index contributed by atoms with van der Waals surface area (Å²) in [5, 5.41) is 9.36. The molecule has 1 saturated heterocycles. The molecule has 0 aromatic carbocycles. The van der Waals surface area contributed by atoms with Crippen molar-refractivity contribution < 1.29 is 14.2 Å². The Morgan fingerprint density at radius 3 is 3.00 bits per heavy atom. The Balaban J connectivity index is 2.02. The number of anilines is 1. The molecular weight excluding hydrogens is 289 g/mol. The smallest absolute Gasteiger partial charge is 0.168 e. The summed E-state index contributed by atoms with van der Waals surface area (Å²) in [6, 6.07) is 0. The van der Waals surface area contributed by atoms with Crippen LogP contribution in [-0.2, 0) is 4.74 Å². The van der Waals surface area contributed by atoms with E-state index in [2.05, 4.69) is 15.0 Å². The maximum Gasteiger partial charge on any atom is 0.168 e. The number of nitrogens with two attached hydrogens (primary N) is 1. The van der Waals surface area contributed by atoms with Crippen molar-refractivity contribution in [3.63, 3.8) is 0 Å². The van der Waals surface area contributed by atoms with Crippen molar-refractivity contribution in [3.05, 3.63) is 12.7 Å². The summed E-state index contributed by atoms with van der Waals surface area (Å²) in [6.07, 6.45) is 0.417. The van der Waals surface area contributed by atoms with Crippen LogP contribution in [0.25, 0.3) is 11.2 Å². The molecule has 3 rings (SSSR count). The number of hydrogen-bond acceptors (Lipinski definition) is 6. The minimum atomic E-state index is -1.32. The summed E-state index contributed by atoms with van der Waals surface area (Å²) in [7, 11) is 0. The van der Waals surface area contributed by atoms with Gasteiger partial charge in [0.1, 0.15) is 23.6 Å². The molecule has 20 heavy (non-hydrogen) atoms. The Kier molecular flexibility index (Phi) is 3.23. The number of hydrogen-bond donors (Lipinski definition) is 2. The zero-order chi connectivity index (χ0) is 14.3. The molecule has 0 radical (unpaired) electrons. The van der Waals surface area contributed by atoms with Crippen LogP contribution in [0.15, 0.2) is 12.7 Å². The van der Waals surface area contributed by atoms with Crippen molar-refractivity contribution in [2.45, 2.75) is 24.4 Å². The third-order valence-electron chi connectivity index (χ3n) is 3.44. The highest BCUT2D eigenvalue weighted by Gasteiger charge is 2.47. The van der Waals surface area contributed by atoms with E-state index in [9.17, 15) is 9.50 Å². The van der Waals surface area contributed by atoms with Crippen LogP contribution in [-0.4, -0.2) is 48.9 Å². The van der Waals surface area contributed by atoms with Gasteiger partial charge < -0.3 is 15.6 Å². The quantitative estimate of drug-likeness (QED) is 0.807. The van der Waals surface area contributed by atoms with Gasteiger partial charge in [-0.3, -0.25) is 4.57 Å². The number of nitrogen functional groups attached to an aromatic ring is 1. The number of fused-ring (bicyclic) bond motifs is 1. The highest BCUT2D eigenvalue weighted by Crippen LogP contribution is 2.40. The normalized spacial score (nSPS) is 30.1. The van der Waals surface area contributed by atoms with Gasteiger partial charge in [-0.15, -0.1) is 11.6 Å². The Morgan fingerprint density at radius 2 is 2.35 bits per heavy atom. The molecule has 1 aliphatic heterocycles. The fourth-order valence-corrected chi connectivity index (χ4v) is 2.61. The van der Waals surface area contributed by atoms with E-state index in [1.165, 1.54) is 17.2 Å². The van der Waals surface area contributed by atoms with E-state index in [1.807, 2.05) is 0 Å². The van der Waals surface area contributed by atoms with Crippen molar-refractivity contribution >= 4 is 28.6 Å². The molecule has 3 heterocycles. The van der Waals surface area contributed by atoms with Crippen LogP contribution in [0.3, 0.4) is 0 Å². The Bertz CT molecular complexity index is 632. The first-order chi connectivity index (χ1) is 9.60. The van der Waals surface area contributed by atoms with Gasteiger partial charge >= 0.3 is 0 Å². The second kappa shape index (κ2) is 4.80. The number of aromatic nitrogens is 4. The molecule has 1 aliphatic rings. The van der Waals surface area contributed by atoms with E-state index in [0.29, 0.717) is 11.2 Å². The second-order valence-electron chi connectivity index (χ2n) is 4.79. The zero-order valence-electron chi connectivity index (χ0n) is 10.4. The molecule has 9 heteroatoms. The molecule has 1 fully saturated rings. The Labute approximate surface area is 118 Å². The average molecular weight is 302 g/mol. The van der Waals surface area contributed by atoms with Gasteiger partial charge in [-0.25, -0.2) is 19.3 Å². The number of rotatable bonds is 3. The van der Waals surface area contributed by atoms with Gasteiger partial charge in [0.2, 0.25) is 0 Å². The highest BCUT2D eigenvalue weighted by molar-refractivity contribution is 6.18. The monoisotopic (exact) mass is 301 g/mol. The third kappa shape index (κ3) is 1.91. The first kappa shape index (κ1) is 13.5. The minimum absolute atomic E-state index is 0.00414. The summed E-state index contributed by atoms with van der Waals surface area (Å²) >= 11 is 5.78. The van der Waals surface area contributed by atoms with Gasteiger partial charge in [-0.2, -0.15) is 0 Å². The molecule has 3 atom stereocenters. The van der Waals surface area contributed by atoms with Gasteiger partial charge in [0.05, 0.1) is 18.8 Å². The zero-order valence-corrected chi connectivity index (χ0v) is 11.2. The Morgan fingerprint density at radius 1 is 1.55 bits per heavy atom. The van der Waals surface area contributed by atoms with Crippen molar-refractivity contribution in [1.29, 1.82) is 0 Å². The number of aliphatic hydroxyl groups is 1. The van der Waals surface area contributed by atoms with E-state index in [0.717, 1.165) is 0 Å². The first-order valence-corrected chi connectivity index (χ1v) is 6.55. The van der Waals surface area contributed by atoms with Crippen LogP contribution in [0.1, 0.15) is 12.6 Å². The lowest BCUT2D eigenvalue weighted by Gasteiger charge is -2.24. The van der Waals surface area contributed by atoms with Gasteiger partial charge in [0.15, 0.2) is 17.7 Å². The molecule has 2 aromatic heterocycles. The first-order valence-electron chi connectivity index (χ1n) is 6.02. The van der Waals surface area contributed by atoms with E-state index < -0.39 is 18.0 Å². The molecule has 108 valence electrons. The number of alkyl halides is 2. The standard InChI is InChI=1S/C11H13ClFN5O2/c12-2-11(3-19)1-6(13)10(20-11)18-5-17-7-8(14)15-4-16-9(7)18/h4-6,10,19H,1-3H2,(H2,14,15,16)/t6-,10-,11-/m1/s1. The highest BCUT2D eigenvalue weighted by atomic mass is 35.5. The summed E-state index contributed by atoms with van der Waals surface area (Å²) in [4.78, 5) is 11.9. The summed E-state index contributed by atoms with van der Waals surface area (Å²) < 4.78 is 21.3. The van der Waals surface area contributed by atoms with Gasteiger partial charge in [0.25, 0.3) is 0 Å². The third-order valence-corrected chi connectivity index (χ3v) is 3.93. The van der Waals surface area contributed by atoms with Crippen molar-refractivity contribution in [2.75, 3.05) is 18.2 Å². The summed E-state index contributed by atoms with van der Waals surface area (Å²) in [6.45, 7) is -0.350. The number of imidazole rings is 1. The SMILES string of the molecule is Nc1ncnc2c1ncn2[C@@H]1O[C@@](CO)(CCl)C[C@H]1F. The second-order valence-corrected chi connectivity index (χ2v) is 5.05. The molecule has 0 spiro atoms. The number of ether oxygens (including phenoxy) is 1. The molecule has 0 aliphatic carbocycles. The van der Waals surface area contributed by atoms with Crippen LogP contribution in [0.4, 0.5) is 10.2 Å². The molecule has 0 saturated carbocycles. The van der Waals surface area contributed by atoms with Crippen LogP contribution >= 0.6 is 11.6 Å². The molecular formula is C11H13ClFN5O2. The topological polar surface area (TPSA) is 99.1 Å². The number of nitrogens with zero attached hydrogens (tertiary/aromatic N) is 4. The molecule has 3 N–H and O–H groups in total. The number of halogens is 2. The van der Waals surface area contributed by atoms with Crippen LogP contribution in [0, 0.1) is 0 Å². The molecule has 0 bridgehead atoms. The fourth-order valence-electron chi connectivity index (χ4n) is 2.35. The lowest BCUT2D eigenvalue weighted by Crippen LogP contribution is -2.35. The van der Waals surface area contributed by atoms with Crippen molar-refractivity contribution in [1.82, 2.24) is 19.5 Å². The lowest BCUT2D eigenvalue weighted by atomic mass is 10.0. The predicted molar refractivity (Wildman–Crippen MR) is 69.9 cm³/mol. The molecule has 7 nitrogen and oxygen atoms in total. The van der Waals surface area contributed by atoms with Crippen LogP contribution in [0.2, 0.25) is 0 Å². The van der Waals surface area contributed by atoms with Crippen molar-refractivity contribution in [3.8, 4) is 0 Å². The predicted octanol–water partition coefficient (Wildman–Crippen LogP) is 0.635. The van der Waals surface area contributed by atoms with Gasteiger partial charge in [0, 0.05) is 6.42 Å². The number of aliphatic hydroxyl groups excluding tert-OH is 1. The van der Waals surface area contributed by atoms with E-state index in [1.54, 1.807) is 0 Å². The van der Waals surface area contributed by atoms with Crippen molar-refractivity contribution in [2.24, 2.45) is 0 Å². The lowest BCUT2D eigenvalue weighted by molar-refractivity contribution is -0.0901. The average Bonchev–Trinajstić information content (AvgIpc) is 3.01.